The Morgan fingerprint density at radius 3 is 2.92 bits per heavy atom. The predicted octanol–water partition coefficient (Wildman–Crippen LogP) is 0.952. The molecule has 0 aliphatic carbocycles. The Hall–Kier alpha value is -0.970. The zero-order valence-electron chi connectivity index (χ0n) is 7.03. The second-order valence-corrected chi connectivity index (χ2v) is 3.05. The van der Waals surface area contributed by atoms with Crippen molar-refractivity contribution >= 4 is 17.5 Å². The van der Waals surface area contributed by atoms with Crippen LogP contribution in [0.4, 0.5) is 0 Å². The van der Waals surface area contributed by atoms with Crippen molar-refractivity contribution in [2.75, 3.05) is 6.61 Å². The molecule has 0 saturated carbocycles. The maximum Gasteiger partial charge on any atom is 0.312 e. The van der Waals surface area contributed by atoms with Crippen LogP contribution in [-0.4, -0.2) is 21.9 Å². The van der Waals surface area contributed by atoms with Crippen LogP contribution < -0.4 is 0 Å². The molecule has 1 aromatic heterocycles. The lowest BCUT2D eigenvalue weighted by Gasteiger charge is -1.96. The van der Waals surface area contributed by atoms with Crippen LogP contribution in [0.2, 0.25) is 0 Å². The Morgan fingerprint density at radius 1 is 1.67 bits per heavy atom. The molecule has 0 fully saturated rings. The summed E-state index contributed by atoms with van der Waals surface area (Å²) in [4.78, 5) is 15.0. The van der Waals surface area contributed by atoms with Crippen molar-refractivity contribution in [1.82, 2.24) is 9.36 Å². The maximum atomic E-state index is 10.9. The molecule has 0 saturated heterocycles. The minimum Gasteiger partial charge on any atom is -0.466 e. The van der Waals surface area contributed by atoms with Crippen LogP contribution in [0, 0.1) is 6.92 Å². The molecule has 66 valence electrons. The number of aryl methyl sites for hydroxylation is 1. The van der Waals surface area contributed by atoms with Crippen molar-refractivity contribution in [2.24, 2.45) is 0 Å². The van der Waals surface area contributed by atoms with Crippen LogP contribution in [0.3, 0.4) is 0 Å². The Balaban J connectivity index is 2.46. The number of hydrogen-bond acceptors (Lipinski definition) is 5. The summed E-state index contributed by atoms with van der Waals surface area (Å²) in [6, 6.07) is 0. The maximum absolute atomic E-state index is 10.9. The highest BCUT2D eigenvalue weighted by molar-refractivity contribution is 7.05. The number of ether oxygens (including phenoxy) is 1. The van der Waals surface area contributed by atoms with E-state index in [1.165, 1.54) is 11.5 Å². The van der Waals surface area contributed by atoms with Crippen molar-refractivity contribution < 1.29 is 9.53 Å². The van der Waals surface area contributed by atoms with E-state index < -0.39 is 0 Å². The van der Waals surface area contributed by atoms with E-state index in [9.17, 15) is 4.79 Å². The van der Waals surface area contributed by atoms with E-state index in [-0.39, 0.29) is 12.4 Å². The van der Waals surface area contributed by atoms with E-state index in [1.54, 1.807) is 13.8 Å². The van der Waals surface area contributed by atoms with E-state index in [0.717, 1.165) is 0 Å². The van der Waals surface area contributed by atoms with Gasteiger partial charge in [-0.15, -0.1) is 0 Å². The summed E-state index contributed by atoms with van der Waals surface area (Å²) in [5, 5.41) is 0.714. The smallest absolute Gasteiger partial charge is 0.312 e. The summed E-state index contributed by atoms with van der Waals surface area (Å²) >= 11 is 1.24. The summed E-state index contributed by atoms with van der Waals surface area (Å²) in [7, 11) is 0. The first-order chi connectivity index (χ1) is 5.72. The standard InChI is InChI=1S/C7H10N2O2S/c1-3-11-7(10)4-6-8-5(2)9-12-6/h3-4H2,1-2H3. The van der Waals surface area contributed by atoms with Crippen LogP contribution in [0.15, 0.2) is 0 Å². The van der Waals surface area contributed by atoms with Gasteiger partial charge in [0, 0.05) is 0 Å². The molecule has 1 heterocycles. The molecule has 4 nitrogen and oxygen atoms in total. The van der Waals surface area contributed by atoms with Crippen molar-refractivity contribution in [3.63, 3.8) is 0 Å². The first-order valence-corrected chi connectivity index (χ1v) is 4.44. The summed E-state index contributed by atoms with van der Waals surface area (Å²) in [6.07, 6.45) is 0.235. The van der Waals surface area contributed by atoms with Gasteiger partial charge in [-0.05, 0) is 25.4 Å². The van der Waals surface area contributed by atoms with Gasteiger partial charge in [0.2, 0.25) is 0 Å². The van der Waals surface area contributed by atoms with Crippen LogP contribution in [0.1, 0.15) is 17.8 Å². The van der Waals surface area contributed by atoms with Crippen molar-refractivity contribution in [3.05, 3.63) is 10.8 Å². The second kappa shape index (κ2) is 4.15. The van der Waals surface area contributed by atoms with E-state index in [2.05, 4.69) is 9.36 Å². The van der Waals surface area contributed by atoms with Gasteiger partial charge in [0.1, 0.15) is 10.8 Å². The first-order valence-electron chi connectivity index (χ1n) is 3.67. The molecule has 0 radical (unpaired) electrons. The number of aromatic nitrogens is 2. The molecule has 0 amide bonds. The van der Waals surface area contributed by atoms with Crippen LogP contribution >= 0.6 is 11.5 Å². The van der Waals surface area contributed by atoms with Crippen molar-refractivity contribution in [1.29, 1.82) is 0 Å². The van der Waals surface area contributed by atoms with Crippen molar-refractivity contribution in [2.45, 2.75) is 20.3 Å². The summed E-state index contributed by atoms with van der Waals surface area (Å²) < 4.78 is 8.71. The lowest BCUT2D eigenvalue weighted by molar-refractivity contribution is -0.142. The van der Waals surface area contributed by atoms with Gasteiger partial charge in [0.25, 0.3) is 0 Å². The molecule has 0 spiro atoms. The topological polar surface area (TPSA) is 52.1 Å². The number of carbonyl (C=O) groups is 1. The van der Waals surface area contributed by atoms with Crippen LogP contribution in [0.5, 0.6) is 0 Å². The van der Waals surface area contributed by atoms with E-state index >= 15 is 0 Å². The Morgan fingerprint density at radius 2 is 2.42 bits per heavy atom. The van der Waals surface area contributed by atoms with Crippen molar-refractivity contribution in [3.8, 4) is 0 Å². The van der Waals surface area contributed by atoms with E-state index in [4.69, 9.17) is 4.74 Å². The lowest BCUT2D eigenvalue weighted by Crippen LogP contribution is -2.07. The molecule has 0 atom stereocenters. The number of rotatable bonds is 3. The van der Waals surface area contributed by atoms with Gasteiger partial charge in [0.15, 0.2) is 0 Å². The number of esters is 1. The molecule has 0 N–H and O–H groups in total. The van der Waals surface area contributed by atoms with Gasteiger partial charge in [-0.3, -0.25) is 4.79 Å². The zero-order chi connectivity index (χ0) is 8.97. The third-order valence-corrected chi connectivity index (χ3v) is 1.97. The highest BCUT2D eigenvalue weighted by atomic mass is 32.1. The molecule has 5 heteroatoms. The average Bonchev–Trinajstić information content (AvgIpc) is 2.36. The summed E-state index contributed by atoms with van der Waals surface area (Å²) in [5.74, 6) is 0.466. The number of hydrogen-bond donors (Lipinski definition) is 0. The zero-order valence-corrected chi connectivity index (χ0v) is 7.85. The first kappa shape index (κ1) is 9.12. The summed E-state index contributed by atoms with van der Waals surface area (Å²) in [5.41, 5.74) is 0. The third kappa shape index (κ3) is 2.58. The Kier molecular flexibility index (Phi) is 3.16. The third-order valence-electron chi connectivity index (χ3n) is 1.17. The average molecular weight is 186 g/mol. The van der Waals surface area contributed by atoms with E-state index in [1.807, 2.05) is 0 Å². The number of nitrogens with zero attached hydrogens (tertiary/aromatic N) is 2. The fourth-order valence-corrected chi connectivity index (χ4v) is 1.38. The molecular formula is C7H10N2O2S. The molecule has 1 rings (SSSR count). The normalized spacial score (nSPS) is 9.83. The minimum atomic E-state index is -0.242. The van der Waals surface area contributed by atoms with Gasteiger partial charge in [-0.25, -0.2) is 4.98 Å². The minimum absolute atomic E-state index is 0.235. The summed E-state index contributed by atoms with van der Waals surface area (Å²) in [6.45, 7) is 3.99. The SMILES string of the molecule is CCOC(=O)Cc1nc(C)ns1. The monoisotopic (exact) mass is 186 g/mol. The molecule has 0 aromatic carbocycles. The van der Waals surface area contributed by atoms with Gasteiger partial charge in [-0.1, -0.05) is 0 Å². The molecule has 0 aliphatic heterocycles. The van der Waals surface area contributed by atoms with E-state index in [0.29, 0.717) is 17.4 Å². The largest absolute Gasteiger partial charge is 0.466 e. The predicted molar refractivity (Wildman–Crippen MR) is 45.0 cm³/mol. The lowest BCUT2D eigenvalue weighted by atomic mass is 10.4. The Bertz CT molecular complexity index is 272. The van der Waals surface area contributed by atoms with Gasteiger partial charge < -0.3 is 4.74 Å². The van der Waals surface area contributed by atoms with Gasteiger partial charge in [-0.2, -0.15) is 4.37 Å². The molecule has 1 aromatic rings. The Labute approximate surface area is 74.8 Å². The molecule has 0 unspecified atom stereocenters. The van der Waals surface area contributed by atoms with Crippen LogP contribution in [0.25, 0.3) is 0 Å². The van der Waals surface area contributed by atoms with Crippen LogP contribution in [-0.2, 0) is 16.0 Å². The molecular weight excluding hydrogens is 176 g/mol. The van der Waals surface area contributed by atoms with Gasteiger partial charge in [0.05, 0.1) is 13.0 Å². The van der Waals surface area contributed by atoms with Gasteiger partial charge >= 0.3 is 5.97 Å². The second-order valence-electron chi connectivity index (χ2n) is 2.22. The molecule has 0 bridgehead atoms. The molecule has 12 heavy (non-hydrogen) atoms. The fourth-order valence-electron chi connectivity index (χ4n) is 0.747. The number of carbonyl (C=O) groups excluding carboxylic acids is 1. The molecule has 0 aliphatic rings. The fraction of sp³-hybridized carbons (Fsp3) is 0.571. The highest BCUT2D eigenvalue weighted by Gasteiger charge is 2.07. The quantitative estimate of drug-likeness (QED) is 0.659. The highest BCUT2D eigenvalue weighted by Crippen LogP contribution is 2.04.